The molecule has 0 aliphatic heterocycles. The molecular weight excluding hydrogens is 268 g/mol. The number of allylic oxidation sites excluding steroid dienone is 1. The standard InChI is InChI=1S/C13H13BrO2/c1-8-5-6-10-9(3-2-4-12(10)14)11(8)7-13(15)16/h2-4,7-8H,5-6H2,1H3,(H,15,16)/b11-7+. The van der Waals surface area contributed by atoms with Gasteiger partial charge in [0.1, 0.15) is 0 Å². The SMILES string of the molecule is CC1CCc2c(Br)cccc2/C1=C/C(=O)O. The Labute approximate surface area is 103 Å². The molecular formula is C13H13BrO2. The lowest BCUT2D eigenvalue weighted by Crippen LogP contribution is -2.12. The van der Waals surface area contributed by atoms with E-state index >= 15 is 0 Å². The number of hydrogen-bond acceptors (Lipinski definition) is 1. The van der Waals surface area contributed by atoms with E-state index in [1.54, 1.807) is 0 Å². The summed E-state index contributed by atoms with van der Waals surface area (Å²) >= 11 is 3.52. The maximum atomic E-state index is 10.8. The number of halogens is 1. The highest BCUT2D eigenvalue weighted by Crippen LogP contribution is 2.38. The Morgan fingerprint density at radius 1 is 1.56 bits per heavy atom. The maximum Gasteiger partial charge on any atom is 0.328 e. The number of carboxylic acids is 1. The van der Waals surface area contributed by atoms with Gasteiger partial charge in [-0.2, -0.15) is 0 Å². The first-order chi connectivity index (χ1) is 7.59. The number of hydrogen-bond donors (Lipinski definition) is 1. The van der Waals surface area contributed by atoms with Crippen LogP contribution in [0.3, 0.4) is 0 Å². The molecule has 3 heteroatoms. The van der Waals surface area contributed by atoms with E-state index < -0.39 is 5.97 Å². The van der Waals surface area contributed by atoms with Gasteiger partial charge in [0.05, 0.1) is 0 Å². The third kappa shape index (κ3) is 2.05. The van der Waals surface area contributed by atoms with Crippen LogP contribution in [0, 0.1) is 5.92 Å². The number of fused-ring (bicyclic) bond motifs is 1. The van der Waals surface area contributed by atoms with Crippen LogP contribution >= 0.6 is 15.9 Å². The minimum Gasteiger partial charge on any atom is -0.478 e. The number of aliphatic carboxylic acids is 1. The van der Waals surface area contributed by atoms with Crippen LogP contribution in [-0.4, -0.2) is 11.1 Å². The van der Waals surface area contributed by atoms with Crippen LogP contribution in [0.4, 0.5) is 0 Å². The van der Waals surface area contributed by atoms with Gasteiger partial charge in [-0.1, -0.05) is 35.0 Å². The lowest BCUT2D eigenvalue weighted by molar-refractivity contribution is -0.131. The lowest BCUT2D eigenvalue weighted by Gasteiger charge is -2.25. The summed E-state index contributed by atoms with van der Waals surface area (Å²) in [5.74, 6) is -0.549. The lowest BCUT2D eigenvalue weighted by atomic mass is 9.80. The van der Waals surface area contributed by atoms with E-state index in [0.29, 0.717) is 5.92 Å². The predicted molar refractivity (Wildman–Crippen MR) is 67.2 cm³/mol. The van der Waals surface area contributed by atoms with Crippen molar-refractivity contribution in [2.24, 2.45) is 5.92 Å². The Bertz CT molecular complexity index is 463. The van der Waals surface area contributed by atoms with E-state index in [4.69, 9.17) is 5.11 Å². The zero-order valence-corrected chi connectivity index (χ0v) is 10.6. The second-order valence-electron chi connectivity index (χ2n) is 4.14. The Kier molecular flexibility index (Phi) is 3.15. The Morgan fingerprint density at radius 2 is 2.31 bits per heavy atom. The highest BCUT2D eigenvalue weighted by molar-refractivity contribution is 9.10. The van der Waals surface area contributed by atoms with Gasteiger partial charge in [0, 0.05) is 10.5 Å². The highest BCUT2D eigenvalue weighted by atomic mass is 79.9. The summed E-state index contributed by atoms with van der Waals surface area (Å²) in [6.45, 7) is 2.08. The van der Waals surface area contributed by atoms with Gasteiger partial charge in [-0.3, -0.25) is 0 Å². The van der Waals surface area contributed by atoms with Crippen LogP contribution in [0.2, 0.25) is 0 Å². The predicted octanol–water partition coefficient (Wildman–Crippen LogP) is 3.50. The summed E-state index contributed by atoms with van der Waals surface area (Å²) in [6, 6.07) is 5.97. The summed E-state index contributed by atoms with van der Waals surface area (Å²) < 4.78 is 1.08. The molecule has 84 valence electrons. The van der Waals surface area contributed by atoms with Gasteiger partial charge in [-0.15, -0.1) is 0 Å². The number of carbonyl (C=O) groups is 1. The van der Waals surface area contributed by atoms with Gasteiger partial charge < -0.3 is 5.11 Å². The highest BCUT2D eigenvalue weighted by Gasteiger charge is 2.22. The van der Waals surface area contributed by atoms with Gasteiger partial charge in [-0.25, -0.2) is 4.79 Å². The van der Waals surface area contributed by atoms with Crippen molar-refractivity contribution < 1.29 is 9.90 Å². The third-order valence-corrected chi connectivity index (χ3v) is 3.81. The molecule has 0 bridgehead atoms. The van der Waals surface area contributed by atoms with Crippen molar-refractivity contribution in [3.63, 3.8) is 0 Å². The fourth-order valence-electron chi connectivity index (χ4n) is 2.22. The summed E-state index contributed by atoms with van der Waals surface area (Å²) in [5, 5.41) is 8.89. The normalized spacial score (nSPS) is 21.9. The smallest absolute Gasteiger partial charge is 0.328 e. The molecule has 0 heterocycles. The second-order valence-corrected chi connectivity index (χ2v) is 5.00. The van der Waals surface area contributed by atoms with Crippen LogP contribution in [-0.2, 0) is 11.2 Å². The maximum absolute atomic E-state index is 10.8. The van der Waals surface area contributed by atoms with Gasteiger partial charge in [-0.05, 0) is 41.5 Å². The largest absolute Gasteiger partial charge is 0.478 e. The van der Waals surface area contributed by atoms with Crippen molar-refractivity contribution in [3.8, 4) is 0 Å². The zero-order valence-electron chi connectivity index (χ0n) is 9.03. The van der Waals surface area contributed by atoms with Crippen molar-refractivity contribution in [1.29, 1.82) is 0 Å². The van der Waals surface area contributed by atoms with E-state index in [-0.39, 0.29) is 0 Å². The number of rotatable bonds is 1. The molecule has 2 nitrogen and oxygen atoms in total. The number of benzene rings is 1. The molecule has 1 N–H and O–H groups in total. The van der Waals surface area contributed by atoms with Gasteiger partial charge in [0.2, 0.25) is 0 Å². The molecule has 2 rings (SSSR count). The van der Waals surface area contributed by atoms with Crippen LogP contribution < -0.4 is 0 Å². The van der Waals surface area contributed by atoms with Crippen LogP contribution in [0.5, 0.6) is 0 Å². The molecule has 0 saturated carbocycles. The average Bonchev–Trinajstić information content (AvgIpc) is 2.22. The van der Waals surface area contributed by atoms with Crippen LogP contribution in [0.25, 0.3) is 5.57 Å². The molecule has 0 aromatic heterocycles. The van der Waals surface area contributed by atoms with E-state index in [2.05, 4.69) is 22.9 Å². The molecule has 0 spiro atoms. The molecule has 0 fully saturated rings. The second kappa shape index (κ2) is 4.42. The molecule has 1 atom stereocenters. The average molecular weight is 281 g/mol. The summed E-state index contributed by atoms with van der Waals surface area (Å²) in [4.78, 5) is 10.8. The summed E-state index contributed by atoms with van der Waals surface area (Å²) in [6.07, 6.45) is 3.36. The van der Waals surface area contributed by atoms with Gasteiger partial charge >= 0.3 is 5.97 Å². The molecule has 0 radical (unpaired) electrons. The molecule has 1 aliphatic rings. The molecule has 0 saturated heterocycles. The monoisotopic (exact) mass is 280 g/mol. The van der Waals surface area contributed by atoms with E-state index in [0.717, 1.165) is 28.5 Å². The Balaban J connectivity index is 2.57. The molecule has 1 aromatic rings. The summed E-state index contributed by atoms with van der Waals surface area (Å²) in [7, 11) is 0. The van der Waals surface area contributed by atoms with Crippen LogP contribution in [0.1, 0.15) is 24.5 Å². The molecule has 1 unspecified atom stereocenters. The van der Waals surface area contributed by atoms with E-state index in [1.165, 1.54) is 11.6 Å². The van der Waals surface area contributed by atoms with E-state index in [9.17, 15) is 4.79 Å². The first-order valence-corrected chi connectivity index (χ1v) is 6.11. The fourth-order valence-corrected chi connectivity index (χ4v) is 2.78. The minimum atomic E-state index is -0.866. The van der Waals surface area contributed by atoms with E-state index in [1.807, 2.05) is 18.2 Å². The van der Waals surface area contributed by atoms with Crippen molar-refractivity contribution in [2.45, 2.75) is 19.8 Å². The molecule has 0 amide bonds. The van der Waals surface area contributed by atoms with Gasteiger partial charge in [0.25, 0.3) is 0 Å². The van der Waals surface area contributed by atoms with Crippen molar-refractivity contribution in [2.75, 3.05) is 0 Å². The Hall–Kier alpha value is -1.09. The molecule has 16 heavy (non-hydrogen) atoms. The quantitative estimate of drug-likeness (QED) is 0.800. The topological polar surface area (TPSA) is 37.3 Å². The Morgan fingerprint density at radius 3 is 3.00 bits per heavy atom. The molecule has 1 aliphatic carbocycles. The van der Waals surface area contributed by atoms with Crippen LogP contribution in [0.15, 0.2) is 28.7 Å². The summed E-state index contributed by atoms with van der Waals surface area (Å²) in [5.41, 5.74) is 3.25. The van der Waals surface area contributed by atoms with Crippen molar-refractivity contribution in [1.82, 2.24) is 0 Å². The zero-order chi connectivity index (χ0) is 11.7. The number of carboxylic acid groups (broad SMARTS) is 1. The minimum absolute atomic E-state index is 0.317. The first kappa shape index (κ1) is 11.4. The first-order valence-electron chi connectivity index (χ1n) is 5.32. The van der Waals surface area contributed by atoms with Crippen molar-refractivity contribution >= 4 is 27.5 Å². The fraction of sp³-hybridized carbons (Fsp3) is 0.308. The van der Waals surface area contributed by atoms with Gasteiger partial charge in [0.15, 0.2) is 0 Å². The third-order valence-electron chi connectivity index (χ3n) is 3.07. The van der Waals surface area contributed by atoms with Crippen molar-refractivity contribution in [3.05, 3.63) is 39.9 Å². The molecule has 1 aromatic carbocycles.